The number of carbonyl (C=O) groups is 1. The first-order valence-electron chi connectivity index (χ1n) is 10.2. The molecule has 30 heavy (non-hydrogen) atoms. The van der Waals surface area contributed by atoms with Crippen molar-refractivity contribution in [3.8, 4) is 0 Å². The van der Waals surface area contributed by atoms with Gasteiger partial charge in [0.05, 0.1) is 15.5 Å². The molecule has 8 heteroatoms. The molecule has 0 radical (unpaired) electrons. The maximum Gasteiger partial charge on any atom is 0.223 e. The van der Waals surface area contributed by atoms with Gasteiger partial charge in [-0.3, -0.25) is 4.79 Å². The van der Waals surface area contributed by atoms with Crippen molar-refractivity contribution in [1.29, 1.82) is 0 Å². The van der Waals surface area contributed by atoms with Crippen LogP contribution in [0.25, 0.3) is 0 Å². The highest BCUT2D eigenvalue weighted by molar-refractivity contribution is 7.91. The molecule has 2 aromatic rings. The topological polar surface area (TPSA) is 69.7 Å². The summed E-state index contributed by atoms with van der Waals surface area (Å²) in [5.41, 5.74) is 1.25. The van der Waals surface area contributed by atoms with Crippen LogP contribution in [-0.4, -0.2) is 47.0 Å². The fraction of sp³-hybridized carbons (Fsp3) is 0.409. The molecule has 1 amide bonds. The van der Waals surface area contributed by atoms with Crippen molar-refractivity contribution >= 4 is 27.1 Å². The van der Waals surface area contributed by atoms with Crippen molar-refractivity contribution in [2.75, 3.05) is 42.5 Å². The third-order valence-electron chi connectivity index (χ3n) is 5.18. The summed E-state index contributed by atoms with van der Waals surface area (Å²) >= 11 is 0. The van der Waals surface area contributed by atoms with Gasteiger partial charge in [0.1, 0.15) is 5.82 Å². The summed E-state index contributed by atoms with van der Waals surface area (Å²) in [4.78, 5) is 16.1. The fourth-order valence-electron chi connectivity index (χ4n) is 3.66. The van der Waals surface area contributed by atoms with Gasteiger partial charge in [-0.2, -0.15) is 0 Å². The molecule has 3 rings (SSSR count). The average molecular weight is 434 g/mol. The van der Waals surface area contributed by atoms with Crippen LogP contribution in [0.5, 0.6) is 0 Å². The van der Waals surface area contributed by atoms with Gasteiger partial charge in [-0.15, -0.1) is 0 Å². The Labute approximate surface area is 177 Å². The van der Waals surface area contributed by atoms with Gasteiger partial charge in [0.25, 0.3) is 0 Å². The van der Waals surface area contributed by atoms with E-state index in [-0.39, 0.29) is 15.7 Å². The van der Waals surface area contributed by atoms with E-state index < -0.39 is 15.7 Å². The van der Waals surface area contributed by atoms with Crippen LogP contribution >= 0.6 is 0 Å². The van der Waals surface area contributed by atoms with E-state index in [4.69, 9.17) is 0 Å². The molecule has 0 unspecified atom stereocenters. The van der Waals surface area contributed by atoms with E-state index in [1.165, 1.54) is 24.0 Å². The van der Waals surface area contributed by atoms with Gasteiger partial charge in [0, 0.05) is 38.8 Å². The Hall–Kier alpha value is -2.45. The van der Waals surface area contributed by atoms with E-state index in [9.17, 15) is 17.6 Å². The quantitative estimate of drug-likeness (QED) is 0.709. The molecule has 1 N–H and O–H groups in total. The van der Waals surface area contributed by atoms with Crippen molar-refractivity contribution in [2.24, 2.45) is 0 Å². The number of halogens is 1. The van der Waals surface area contributed by atoms with Crippen LogP contribution < -0.4 is 15.1 Å². The summed E-state index contributed by atoms with van der Waals surface area (Å²) in [6, 6.07) is 9.89. The van der Waals surface area contributed by atoms with Gasteiger partial charge in [0.2, 0.25) is 15.7 Å². The summed E-state index contributed by atoms with van der Waals surface area (Å²) in [5, 5.41) is 3.35. The SMILES string of the molecule is CCCN(C(C)=O)c1cc(N2CCCNCC2)ccc1S(=O)(=O)c1ccc(F)cc1. The van der Waals surface area contributed by atoms with Gasteiger partial charge in [-0.1, -0.05) is 6.92 Å². The van der Waals surface area contributed by atoms with Crippen LogP contribution in [0.2, 0.25) is 0 Å². The number of anilines is 2. The average Bonchev–Trinajstić information content (AvgIpc) is 3.01. The Morgan fingerprint density at radius 3 is 2.53 bits per heavy atom. The first-order valence-corrected chi connectivity index (χ1v) is 11.7. The normalized spacial score (nSPS) is 15.0. The largest absolute Gasteiger partial charge is 0.370 e. The molecule has 0 atom stereocenters. The third kappa shape index (κ3) is 4.82. The summed E-state index contributed by atoms with van der Waals surface area (Å²) in [5.74, 6) is -0.724. The predicted octanol–water partition coefficient (Wildman–Crippen LogP) is 3.22. The van der Waals surface area contributed by atoms with E-state index in [2.05, 4.69) is 10.2 Å². The first kappa shape index (κ1) is 22.2. The first-order chi connectivity index (χ1) is 14.3. The number of nitrogens with one attached hydrogen (secondary N) is 1. The van der Waals surface area contributed by atoms with Crippen LogP contribution in [-0.2, 0) is 14.6 Å². The van der Waals surface area contributed by atoms with Crippen LogP contribution in [0.4, 0.5) is 15.8 Å². The van der Waals surface area contributed by atoms with Crippen molar-refractivity contribution < 1.29 is 17.6 Å². The zero-order valence-electron chi connectivity index (χ0n) is 17.4. The molecule has 1 fully saturated rings. The number of carbonyl (C=O) groups excluding carboxylic acids is 1. The summed E-state index contributed by atoms with van der Waals surface area (Å²) in [6.07, 6.45) is 1.67. The number of amides is 1. The van der Waals surface area contributed by atoms with Gasteiger partial charge in [-0.05, 0) is 61.9 Å². The molecular weight excluding hydrogens is 405 g/mol. The second-order valence-corrected chi connectivity index (χ2v) is 9.29. The van der Waals surface area contributed by atoms with Crippen molar-refractivity contribution in [3.05, 3.63) is 48.3 Å². The van der Waals surface area contributed by atoms with Crippen molar-refractivity contribution in [2.45, 2.75) is 36.5 Å². The van der Waals surface area contributed by atoms with Crippen LogP contribution in [0.3, 0.4) is 0 Å². The molecular formula is C22H28FN3O3S. The van der Waals surface area contributed by atoms with E-state index in [0.717, 1.165) is 50.4 Å². The molecule has 0 saturated carbocycles. The lowest BCUT2D eigenvalue weighted by Gasteiger charge is -2.28. The van der Waals surface area contributed by atoms with Gasteiger partial charge >= 0.3 is 0 Å². The highest BCUT2D eigenvalue weighted by Crippen LogP contribution is 2.34. The zero-order chi connectivity index (χ0) is 21.7. The molecule has 1 aliphatic rings. The Morgan fingerprint density at radius 1 is 1.13 bits per heavy atom. The monoisotopic (exact) mass is 433 g/mol. The number of hydrogen-bond donors (Lipinski definition) is 1. The number of nitrogens with zero attached hydrogens (tertiary/aromatic N) is 2. The lowest BCUT2D eigenvalue weighted by atomic mass is 10.2. The Kier molecular flexibility index (Phi) is 7.10. The molecule has 162 valence electrons. The van der Waals surface area contributed by atoms with Crippen molar-refractivity contribution in [3.63, 3.8) is 0 Å². The molecule has 0 aromatic heterocycles. The molecule has 1 heterocycles. The molecule has 2 aromatic carbocycles. The molecule has 0 aliphatic carbocycles. The smallest absolute Gasteiger partial charge is 0.223 e. The van der Waals surface area contributed by atoms with Crippen LogP contribution in [0.15, 0.2) is 52.3 Å². The lowest BCUT2D eigenvalue weighted by molar-refractivity contribution is -0.116. The highest BCUT2D eigenvalue weighted by Gasteiger charge is 2.27. The van der Waals surface area contributed by atoms with Crippen LogP contribution in [0.1, 0.15) is 26.7 Å². The zero-order valence-corrected chi connectivity index (χ0v) is 18.2. The molecule has 1 aliphatic heterocycles. The van der Waals surface area contributed by atoms with Gasteiger partial charge in [-0.25, -0.2) is 12.8 Å². The highest BCUT2D eigenvalue weighted by atomic mass is 32.2. The summed E-state index contributed by atoms with van der Waals surface area (Å²) in [6.45, 7) is 7.22. The van der Waals surface area contributed by atoms with Gasteiger partial charge < -0.3 is 15.1 Å². The Morgan fingerprint density at radius 2 is 1.87 bits per heavy atom. The number of sulfone groups is 1. The minimum atomic E-state index is -3.93. The van der Waals surface area contributed by atoms with Gasteiger partial charge in [0.15, 0.2) is 0 Å². The van der Waals surface area contributed by atoms with E-state index in [0.29, 0.717) is 18.7 Å². The maximum atomic E-state index is 13.4. The number of benzene rings is 2. The lowest BCUT2D eigenvalue weighted by Crippen LogP contribution is -2.32. The minimum absolute atomic E-state index is 0.00290. The third-order valence-corrected chi connectivity index (χ3v) is 7.00. The van der Waals surface area contributed by atoms with E-state index in [1.807, 2.05) is 6.92 Å². The Bertz CT molecular complexity index is 985. The second-order valence-electron chi connectivity index (χ2n) is 7.37. The standard InChI is InChI=1S/C22H28FN3O3S/c1-3-13-26(17(2)27)21-16-19(25-14-4-11-24-12-15-25)7-10-22(21)30(28,29)20-8-5-18(23)6-9-20/h5-10,16,24H,3-4,11-15H2,1-2H3. The molecule has 0 bridgehead atoms. The maximum absolute atomic E-state index is 13.4. The number of rotatable bonds is 6. The molecule has 1 saturated heterocycles. The fourth-order valence-corrected chi connectivity index (χ4v) is 5.10. The van der Waals surface area contributed by atoms with Crippen molar-refractivity contribution in [1.82, 2.24) is 5.32 Å². The second kappa shape index (κ2) is 9.57. The molecule has 0 spiro atoms. The number of hydrogen-bond acceptors (Lipinski definition) is 5. The predicted molar refractivity (Wildman–Crippen MR) is 116 cm³/mol. The summed E-state index contributed by atoms with van der Waals surface area (Å²) < 4.78 is 40.0. The minimum Gasteiger partial charge on any atom is -0.370 e. The van der Waals surface area contributed by atoms with Crippen LogP contribution in [0, 0.1) is 5.82 Å². The Balaban J connectivity index is 2.13. The van der Waals surface area contributed by atoms with E-state index >= 15 is 0 Å². The van der Waals surface area contributed by atoms with E-state index in [1.54, 1.807) is 18.2 Å². The summed E-state index contributed by atoms with van der Waals surface area (Å²) in [7, 11) is -3.93. The molecule has 6 nitrogen and oxygen atoms in total.